The molecule has 1 aromatic heterocycles. The van der Waals surface area contributed by atoms with Crippen molar-refractivity contribution in [3.63, 3.8) is 0 Å². The van der Waals surface area contributed by atoms with E-state index < -0.39 is 0 Å². The highest BCUT2D eigenvalue weighted by atomic mass is 16.3. The summed E-state index contributed by atoms with van der Waals surface area (Å²) >= 11 is 0. The number of carbonyl (C=O) groups excluding carboxylic acids is 2. The van der Waals surface area contributed by atoms with Crippen LogP contribution in [0.15, 0.2) is 22.6 Å². The molecule has 1 N–H and O–H groups in total. The zero-order chi connectivity index (χ0) is 18.1. The van der Waals surface area contributed by atoms with Crippen molar-refractivity contribution < 1.29 is 14.0 Å². The Kier molecular flexibility index (Phi) is 4.66. The maximum Gasteiger partial charge on any atom is 0.227 e. The molecule has 6 nitrogen and oxygen atoms in total. The number of oxazole rings is 1. The number of nitrogens with zero attached hydrogens (tertiary/aromatic N) is 2. The summed E-state index contributed by atoms with van der Waals surface area (Å²) in [4.78, 5) is 31.1. The lowest BCUT2D eigenvalue weighted by atomic mass is 10.0. The molecule has 1 unspecified atom stereocenters. The lowest BCUT2D eigenvalue weighted by Gasteiger charge is -2.20. The number of aromatic nitrogens is 1. The lowest BCUT2D eigenvalue weighted by Crippen LogP contribution is -2.39. The quantitative estimate of drug-likeness (QED) is 0.857. The highest BCUT2D eigenvalue weighted by Crippen LogP contribution is 2.29. The third-order valence-corrected chi connectivity index (χ3v) is 5.49. The molecular formula is C20H25N3O3. The fraction of sp³-hybridized carbons (Fsp3) is 0.550. The first kappa shape index (κ1) is 17.1. The van der Waals surface area contributed by atoms with Crippen LogP contribution in [0.1, 0.15) is 50.8 Å². The second-order valence-corrected chi connectivity index (χ2v) is 7.49. The van der Waals surface area contributed by atoms with Gasteiger partial charge in [0.1, 0.15) is 5.52 Å². The van der Waals surface area contributed by atoms with Crippen molar-refractivity contribution in [1.82, 2.24) is 10.3 Å². The van der Waals surface area contributed by atoms with E-state index in [-0.39, 0.29) is 30.2 Å². The number of anilines is 1. The van der Waals surface area contributed by atoms with Crippen LogP contribution in [0, 0.1) is 12.8 Å². The average Bonchev–Trinajstić information content (AvgIpc) is 3.07. The third-order valence-electron chi connectivity index (χ3n) is 5.49. The van der Waals surface area contributed by atoms with Crippen LogP contribution in [0.3, 0.4) is 0 Å². The number of carbonyl (C=O) groups is 2. The van der Waals surface area contributed by atoms with Gasteiger partial charge in [0.25, 0.3) is 0 Å². The molecule has 2 amide bonds. The van der Waals surface area contributed by atoms with E-state index >= 15 is 0 Å². The molecule has 1 aliphatic heterocycles. The number of hydrogen-bond donors (Lipinski definition) is 1. The molecule has 1 aliphatic carbocycles. The van der Waals surface area contributed by atoms with Crippen molar-refractivity contribution in [3.8, 4) is 0 Å². The first-order valence-electron chi connectivity index (χ1n) is 9.58. The van der Waals surface area contributed by atoms with Crippen molar-refractivity contribution >= 4 is 28.6 Å². The number of rotatable bonds is 3. The van der Waals surface area contributed by atoms with Gasteiger partial charge in [-0.1, -0.05) is 25.7 Å². The number of benzene rings is 1. The van der Waals surface area contributed by atoms with Crippen LogP contribution in [0.2, 0.25) is 0 Å². The summed E-state index contributed by atoms with van der Waals surface area (Å²) < 4.78 is 5.49. The van der Waals surface area contributed by atoms with E-state index in [1.54, 1.807) is 11.8 Å². The molecule has 1 atom stereocenters. The molecule has 1 aromatic carbocycles. The van der Waals surface area contributed by atoms with E-state index in [9.17, 15) is 9.59 Å². The van der Waals surface area contributed by atoms with Crippen LogP contribution in [-0.4, -0.2) is 29.4 Å². The number of aryl methyl sites for hydroxylation is 1. The third kappa shape index (κ3) is 3.45. The van der Waals surface area contributed by atoms with E-state index in [2.05, 4.69) is 10.3 Å². The van der Waals surface area contributed by atoms with E-state index in [1.807, 2.05) is 18.2 Å². The Morgan fingerprint density at radius 1 is 1.23 bits per heavy atom. The topological polar surface area (TPSA) is 75.4 Å². The van der Waals surface area contributed by atoms with Gasteiger partial charge in [-0.15, -0.1) is 0 Å². The monoisotopic (exact) mass is 355 g/mol. The summed E-state index contributed by atoms with van der Waals surface area (Å²) in [6.45, 7) is 2.23. The molecule has 26 heavy (non-hydrogen) atoms. The molecule has 2 fully saturated rings. The number of hydrogen-bond acceptors (Lipinski definition) is 4. The zero-order valence-electron chi connectivity index (χ0n) is 15.2. The van der Waals surface area contributed by atoms with E-state index in [1.165, 1.54) is 25.7 Å². The van der Waals surface area contributed by atoms with Crippen LogP contribution in [0.4, 0.5) is 5.69 Å². The van der Waals surface area contributed by atoms with Gasteiger partial charge in [0.15, 0.2) is 11.5 Å². The summed E-state index contributed by atoms with van der Waals surface area (Å²) in [5.74, 6) is 0.336. The first-order chi connectivity index (χ1) is 12.6. The highest BCUT2D eigenvalue weighted by Gasteiger charge is 2.36. The predicted octanol–water partition coefficient (Wildman–Crippen LogP) is 3.33. The van der Waals surface area contributed by atoms with E-state index in [0.29, 0.717) is 18.0 Å². The smallest absolute Gasteiger partial charge is 0.227 e. The summed E-state index contributed by atoms with van der Waals surface area (Å²) in [6.07, 6.45) is 7.25. The Labute approximate surface area is 152 Å². The van der Waals surface area contributed by atoms with Crippen molar-refractivity contribution in [2.75, 3.05) is 11.4 Å². The second-order valence-electron chi connectivity index (χ2n) is 7.49. The predicted molar refractivity (Wildman–Crippen MR) is 98.8 cm³/mol. The second kappa shape index (κ2) is 7.09. The average molecular weight is 355 g/mol. The van der Waals surface area contributed by atoms with Crippen molar-refractivity contribution in [3.05, 3.63) is 24.1 Å². The van der Waals surface area contributed by atoms with Crippen LogP contribution in [0.5, 0.6) is 0 Å². The summed E-state index contributed by atoms with van der Waals surface area (Å²) in [5, 5.41) is 3.18. The number of fused-ring (bicyclic) bond motifs is 1. The fourth-order valence-corrected chi connectivity index (χ4v) is 4.07. The lowest BCUT2D eigenvalue weighted by molar-refractivity contribution is -0.127. The first-order valence-corrected chi connectivity index (χ1v) is 9.58. The summed E-state index contributed by atoms with van der Waals surface area (Å²) in [6, 6.07) is 5.81. The van der Waals surface area contributed by atoms with Gasteiger partial charge in [-0.3, -0.25) is 9.59 Å². The van der Waals surface area contributed by atoms with E-state index in [4.69, 9.17) is 4.42 Å². The van der Waals surface area contributed by atoms with Gasteiger partial charge >= 0.3 is 0 Å². The van der Waals surface area contributed by atoms with E-state index in [0.717, 1.165) is 24.0 Å². The summed E-state index contributed by atoms with van der Waals surface area (Å²) in [7, 11) is 0. The Hall–Kier alpha value is -2.37. The number of amides is 2. The highest BCUT2D eigenvalue weighted by molar-refractivity contribution is 6.01. The van der Waals surface area contributed by atoms with Crippen LogP contribution in [0.25, 0.3) is 11.1 Å². The minimum Gasteiger partial charge on any atom is -0.441 e. The Balaban J connectivity index is 1.44. The van der Waals surface area contributed by atoms with Gasteiger partial charge < -0.3 is 14.6 Å². The molecular weight excluding hydrogens is 330 g/mol. The molecule has 2 heterocycles. The zero-order valence-corrected chi connectivity index (χ0v) is 15.2. The van der Waals surface area contributed by atoms with Gasteiger partial charge in [0.05, 0.1) is 5.92 Å². The fourth-order valence-electron chi connectivity index (χ4n) is 4.07. The molecule has 0 spiro atoms. The van der Waals surface area contributed by atoms with Crippen LogP contribution in [-0.2, 0) is 9.59 Å². The minimum atomic E-state index is -0.277. The molecule has 1 saturated carbocycles. The molecule has 1 saturated heterocycles. The molecule has 6 heteroatoms. The maximum atomic E-state index is 12.6. The largest absolute Gasteiger partial charge is 0.441 e. The minimum absolute atomic E-state index is 0.00872. The Bertz CT molecular complexity index is 821. The van der Waals surface area contributed by atoms with Crippen LogP contribution >= 0.6 is 0 Å². The van der Waals surface area contributed by atoms with Gasteiger partial charge in [0, 0.05) is 31.6 Å². The molecule has 2 aromatic rings. The van der Waals surface area contributed by atoms with Crippen LogP contribution < -0.4 is 10.2 Å². The summed E-state index contributed by atoms with van der Waals surface area (Å²) in [5.41, 5.74) is 2.22. The molecule has 138 valence electrons. The Morgan fingerprint density at radius 2 is 2.00 bits per heavy atom. The normalized spacial score (nSPS) is 22.0. The SMILES string of the molecule is Cc1nc2cc(N3CC(C(=O)NC4CCCCCC4)CC3=O)ccc2o1. The molecule has 4 rings (SSSR count). The molecule has 0 bridgehead atoms. The maximum absolute atomic E-state index is 12.6. The van der Waals surface area contributed by atoms with Gasteiger partial charge in [0.2, 0.25) is 11.8 Å². The molecule has 2 aliphatic rings. The van der Waals surface area contributed by atoms with Gasteiger partial charge in [-0.05, 0) is 31.0 Å². The molecule has 0 radical (unpaired) electrons. The standard InChI is InChI=1S/C20H25N3O3/c1-13-21-17-11-16(8-9-18(17)26-13)23-12-14(10-19(23)24)20(25)22-15-6-4-2-3-5-7-15/h8-9,11,14-15H,2-7,10,12H2,1H3,(H,22,25). The van der Waals surface area contributed by atoms with Gasteiger partial charge in [-0.2, -0.15) is 0 Å². The Morgan fingerprint density at radius 3 is 2.77 bits per heavy atom. The van der Waals surface area contributed by atoms with Gasteiger partial charge in [-0.25, -0.2) is 4.98 Å². The van der Waals surface area contributed by atoms with Crippen molar-refractivity contribution in [1.29, 1.82) is 0 Å². The van der Waals surface area contributed by atoms with Crippen molar-refractivity contribution in [2.24, 2.45) is 5.92 Å². The van der Waals surface area contributed by atoms with Crippen molar-refractivity contribution in [2.45, 2.75) is 57.9 Å². The number of nitrogens with one attached hydrogen (secondary N) is 1.